The zero-order valence-electron chi connectivity index (χ0n) is 11.4. The van der Waals surface area contributed by atoms with Crippen LogP contribution in [0.5, 0.6) is 0 Å². The number of aliphatic hydroxyl groups excluding tert-OH is 1. The second-order valence-electron chi connectivity index (χ2n) is 4.89. The second-order valence-corrected chi connectivity index (χ2v) is 7.12. The normalized spacial score (nSPS) is 19.6. The number of aliphatic hydroxyl groups is 1. The molecule has 1 unspecified atom stereocenters. The van der Waals surface area contributed by atoms with Crippen molar-refractivity contribution in [3.8, 4) is 11.8 Å². The van der Waals surface area contributed by atoms with Crippen LogP contribution in [-0.2, 0) is 14.6 Å². The number of rotatable bonds is 3. The molecule has 2 heterocycles. The van der Waals surface area contributed by atoms with Crippen LogP contribution in [0.3, 0.4) is 0 Å². The molecule has 1 aliphatic heterocycles. The van der Waals surface area contributed by atoms with Gasteiger partial charge in [0.2, 0.25) is 5.91 Å². The molecule has 1 atom stereocenters. The van der Waals surface area contributed by atoms with Crippen molar-refractivity contribution in [2.45, 2.75) is 12.8 Å². The fourth-order valence-corrected chi connectivity index (χ4v) is 4.05. The summed E-state index contributed by atoms with van der Waals surface area (Å²) in [5.41, 5.74) is 0.449. The predicted molar refractivity (Wildman–Crippen MR) is 78.2 cm³/mol. The summed E-state index contributed by atoms with van der Waals surface area (Å²) in [6.07, 6.45) is 0.707. The van der Waals surface area contributed by atoms with E-state index in [9.17, 15) is 13.2 Å². The number of nitrogens with one attached hydrogen (secondary N) is 1. The van der Waals surface area contributed by atoms with Crippen LogP contribution in [0, 0.1) is 17.8 Å². The molecule has 1 aliphatic rings. The van der Waals surface area contributed by atoms with Gasteiger partial charge in [-0.05, 0) is 30.4 Å². The first-order valence-electron chi connectivity index (χ1n) is 6.55. The first-order chi connectivity index (χ1) is 9.98. The van der Waals surface area contributed by atoms with E-state index in [0.29, 0.717) is 17.9 Å². The Kier molecular flexibility index (Phi) is 4.94. The van der Waals surface area contributed by atoms with Crippen LogP contribution in [0.15, 0.2) is 18.2 Å². The third-order valence-electron chi connectivity index (χ3n) is 3.11. The predicted octanol–water partition coefficient (Wildman–Crippen LogP) is 0.189. The Morgan fingerprint density at radius 2 is 2.29 bits per heavy atom. The molecule has 1 fully saturated rings. The van der Waals surface area contributed by atoms with Crippen LogP contribution in [0.2, 0.25) is 0 Å². The third kappa shape index (κ3) is 4.85. The molecule has 0 bridgehead atoms. The van der Waals surface area contributed by atoms with Crippen molar-refractivity contribution in [1.82, 2.24) is 4.98 Å². The van der Waals surface area contributed by atoms with Crippen molar-refractivity contribution in [2.75, 3.05) is 23.4 Å². The standard InChI is InChI=1S/C14H16N2O4S/c17-7-2-4-12-3-1-5-13(15-12)16-14(18)9-11-6-8-21(19,20)10-11/h1,3,5,11,17H,6-10H2,(H,15,16,18). The van der Waals surface area contributed by atoms with E-state index in [0.717, 1.165) is 0 Å². The molecule has 21 heavy (non-hydrogen) atoms. The summed E-state index contributed by atoms with van der Waals surface area (Å²) in [6, 6.07) is 5.00. The highest BCUT2D eigenvalue weighted by molar-refractivity contribution is 7.91. The zero-order valence-corrected chi connectivity index (χ0v) is 12.2. The minimum atomic E-state index is -2.97. The number of nitrogens with zero attached hydrogens (tertiary/aromatic N) is 1. The Hall–Kier alpha value is -1.91. The average Bonchev–Trinajstić information content (AvgIpc) is 2.75. The molecule has 0 aromatic carbocycles. The first kappa shape index (κ1) is 15.5. The summed E-state index contributed by atoms with van der Waals surface area (Å²) in [4.78, 5) is 16.0. The Bertz CT molecular complexity index is 688. The molecule has 1 aromatic heterocycles. The Labute approximate surface area is 123 Å². The van der Waals surface area contributed by atoms with Gasteiger partial charge >= 0.3 is 0 Å². The molecule has 112 valence electrons. The molecule has 2 rings (SSSR count). The van der Waals surface area contributed by atoms with E-state index in [1.165, 1.54) is 0 Å². The topological polar surface area (TPSA) is 96.4 Å². The first-order valence-corrected chi connectivity index (χ1v) is 8.38. The highest BCUT2D eigenvalue weighted by atomic mass is 32.2. The molecule has 7 heteroatoms. The fourth-order valence-electron chi connectivity index (χ4n) is 2.19. The van der Waals surface area contributed by atoms with Crippen molar-refractivity contribution in [2.24, 2.45) is 5.92 Å². The van der Waals surface area contributed by atoms with Gasteiger partial charge in [-0.1, -0.05) is 12.0 Å². The number of amides is 1. The second kappa shape index (κ2) is 6.70. The average molecular weight is 308 g/mol. The van der Waals surface area contributed by atoms with Crippen molar-refractivity contribution in [3.05, 3.63) is 23.9 Å². The summed E-state index contributed by atoms with van der Waals surface area (Å²) < 4.78 is 22.7. The fraction of sp³-hybridized carbons (Fsp3) is 0.429. The lowest BCUT2D eigenvalue weighted by molar-refractivity contribution is -0.116. The summed E-state index contributed by atoms with van der Waals surface area (Å²) in [7, 11) is -2.97. The van der Waals surface area contributed by atoms with Crippen LogP contribution >= 0.6 is 0 Å². The number of aromatic nitrogens is 1. The lowest BCUT2D eigenvalue weighted by atomic mass is 10.1. The van der Waals surface area contributed by atoms with Crippen LogP contribution in [-0.4, -0.2) is 42.5 Å². The SMILES string of the molecule is O=C(CC1CCS(=O)(=O)C1)Nc1cccc(C#CCO)n1. The molecule has 1 amide bonds. The van der Waals surface area contributed by atoms with Gasteiger partial charge in [-0.15, -0.1) is 0 Å². The molecule has 2 N–H and O–H groups in total. The molecule has 0 radical (unpaired) electrons. The number of sulfone groups is 1. The maximum atomic E-state index is 11.9. The van der Waals surface area contributed by atoms with Gasteiger partial charge in [0.15, 0.2) is 9.84 Å². The highest BCUT2D eigenvalue weighted by Crippen LogP contribution is 2.21. The van der Waals surface area contributed by atoms with E-state index in [1.54, 1.807) is 18.2 Å². The Morgan fingerprint density at radius 3 is 2.95 bits per heavy atom. The summed E-state index contributed by atoms with van der Waals surface area (Å²) >= 11 is 0. The minimum absolute atomic E-state index is 0.0792. The van der Waals surface area contributed by atoms with Gasteiger partial charge in [0.1, 0.15) is 18.1 Å². The molecular formula is C14H16N2O4S. The van der Waals surface area contributed by atoms with Gasteiger partial charge in [0.05, 0.1) is 11.5 Å². The minimum Gasteiger partial charge on any atom is -0.384 e. The lowest BCUT2D eigenvalue weighted by Gasteiger charge is -2.08. The Morgan fingerprint density at radius 1 is 1.48 bits per heavy atom. The third-order valence-corrected chi connectivity index (χ3v) is 4.95. The maximum Gasteiger partial charge on any atom is 0.225 e. The van der Waals surface area contributed by atoms with E-state index in [-0.39, 0.29) is 36.4 Å². The van der Waals surface area contributed by atoms with Gasteiger partial charge in [0, 0.05) is 6.42 Å². The quantitative estimate of drug-likeness (QED) is 0.777. The number of carbonyl (C=O) groups excluding carboxylic acids is 1. The smallest absolute Gasteiger partial charge is 0.225 e. The van der Waals surface area contributed by atoms with Crippen molar-refractivity contribution >= 4 is 21.6 Å². The van der Waals surface area contributed by atoms with Gasteiger partial charge in [-0.25, -0.2) is 13.4 Å². The van der Waals surface area contributed by atoms with Crippen molar-refractivity contribution in [1.29, 1.82) is 0 Å². The molecule has 0 aliphatic carbocycles. The van der Waals surface area contributed by atoms with Gasteiger partial charge in [0.25, 0.3) is 0 Å². The molecule has 0 spiro atoms. The zero-order chi connectivity index (χ0) is 15.3. The van der Waals surface area contributed by atoms with E-state index < -0.39 is 9.84 Å². The molecule has 1 saturated heterocycles. The molecule has 1 aromatic rings. The van der Waals surface area contributed by atoms with Crippen LogP contribution in [0.1, 0.15) is 18.5 Å². The van der Waals surface area contributed by atoms with Crippen molar-refractivity contribution < 1.29 is 18.3 Å². The molecular weight excluding hydrogens is 292 g/mol. The van der Waals surface area contributed by atoms with E-state index in [4.69, 9.17) is 5.11 Å². The monoisotopic (exact) mass is 308 g/mol. The van der Waals surface area contributed by atoms with E-state index in [2.05, 4.69) is 22.1 Å². The largest absolute Gasteiger partial charge is 0.384 e. The van der Waals surface area contributed by atoms with Gasteiger partial charge in [-0.3, -0.25) is 4.79 Å². The van der Waals surface area contributed by atoms with Crippen molar-refractivity contribution in [3.63, 3.8) is 0 Å². The van der Waals surface area contributed by atoms with Crippen LogP contribution < -0.4 is 5.32 Å². The number of carbonyl (C=O) groups is 1. The summed E-state index contributed by atoms with van der Waals surface area (Å²) in [5.74, 6) is 5.36. The van der Waals surface area contributed by atoms with Crippen LogP contribution in [0.25, 0.3) is 0 Å². The number of hydrogen-bond acceptors (Lipinski definition) is 5. The summed E-state index contributed by atoms with van der Waals surface area (Å²) in [5, 5.41) is 11.3. The molecule has 6 nitrogen and oxygen atoms in total. The Balaban J connectivity index is 1.94. The van der Waals surface area contributed by atoms with Crippen LogP contribution in [0.4, 0.5) is 5.82 Å². The maximum absolute atomic E-state index is 11.9. The lowest BCUT2D eigenvalue weighted by Crippen LogP contribution is -2.18. The number of hydrogen-bond donors (Lipinski definition) is 2. The number of pyridine rings is 1. The van der Waals surface area contributed by atoms with Gasteiger partial charge in [-0.2, -0.15) is 0 Å². The van der Waals surface area contributed by atoms with Gasteiger partial charge < -0.3 is 10.4 Å². The molecule has 0 saturated carbocycles. The van der Waals surface area contributed by atoms with E-state index in [1.807, 2.05) is 0 Å². The highest BCUT2D eigenvalue weighted by Gasteiger charge is 2.29. The summed E-state index contributed by atoms with van der Waals surface area (Å²) in [6.45, 7) is -0.256. The van der Waals surface area contributed by atoms with E-state index >= 15 is 0 Å². The number of anilines is 1.